The second kappa shape index (κ2) is 8.27. The summed E-state index contributed by atoms with van der Waals surface area (Å²) in [4.78, 5) is 14.9. The van der Waals surface area contributed by atoms with Crippen LogP contribution < -0.4 is 4.90 Å². The van der Waals surface area contributed by atoms with Gasteiger partial charge in [0.2, 0.25) is 0 Å². The number of aromatic nitrogens is 1. The molecule has 1 atom stereocenters. The van der Waals surface area contributed by atoms with Crippen LogP contribution in [0.25, 0.3) is 10.9 Å². The number of para-hydroxylation sites is 1. The van der Waals surface area contributed by atoms with E-state index in [9.17, 15) is 4.79 Å². The fourth-order valence-electron chi connectivity index (χ4n) is 4.78. The molecular weight excluding hydrogens is 372 g/mol. The van der Waals surface area contributed by atoms with E-state index >= 15 is 0 Å². The average Bonchev–Trinajstić information content (AvgIpc) is 3.09. The standard InChI is InChI=1S/C26H32N2O2/c1-5-19(18-26(30-4)14-9-15-26)20-12-13-23-21(16-20)17-24(28(23)3)25(29)27(2)22-10-7-6-8-11-22/h6-8,10-13,16-17,19H,5,9,14-15,18H2,1-4H3. The lowest BCUT2D eigenvalue weighted by Crippen LogP contribution is -2.40. The van der Waals surface area contributed by atoms with Crippen molar-refractivity contribution in [1.82, 2.24) is 4.57 Å². The molecule has 4 rings (SSSR count). The molecule has 158 valence electrons. The van der Waals surface area contributed by atoms with Gasteiger partial charge < -0.3 is 14.2 Å². The predicted molar refractivity (Wildman–Crippen MR) is 123 cm³/mol. The summed E-state index contributed by atoms with van der Waals surface area (Å²) in [6, 6.07) is 18.5. The highest BCUT2D eigenvalue weighted by Gasteiger charge is 2.39. The fraction of sp³-hybridized carbons (Fsp3) is 0.423. The first-order chi connectivity index (χ1) is 14.5. The molecule has 1 saturated carbocycles. The molecule has 0 bridgehead atoms. The molecule has 4 nitrogen and oxygen atoms in total. The zero-order valence-corrected chi connectivity index (χ0v) is 18.5. The quantitative estimate of drug-likeness (QED) is 0.491. The number of anilines is 1. The number of carbonyl (C=O) groups is 1. The number of amides is 1. The van der Waals surface area contributed by atoms with E-state index in [0.29, 0.717) is 11.6 Å². The first kappa shape index (κ1) is 20.7. The summed E-state index contributed by atoms with van der Waals surface area (Å²) >= 11 is 0. The van der Waals surface area contributed by atoms with Crippen molar-refractivity contribution < 1.29 is 9.53 Å². The van der Waals surface area contributed by atoms with Crippen LogP contribution in [-0.2, 0) is 11.8 Å². The van der Waals surface area contributed by atoms with E-state index in [0.717, 1.165) is 42.3 Å². The lowest BCUT2D eigenvalue weighted by atomic mass is 9.72. The molecule has 1 aromatic heterocycles. The van der Waals surface area contributed by atoms with Gasteiger partial charge in [-0.3, -0.25) is 4.79 Å². The first-order valence-corrected chi connectivity index (χ1v) is 11.0. The summed E-state index contributed by atoms with van der Waals surface area (Å²) in [5, 5.41) is 1.12. The van der Waals surface area contributed by atoms with Crippen molar-refractivity contribution in [1.29, 1.82) is 0 Å². The number of carbonyl (C=O) groups excluding carboxylic acids is 1. The molecule has 1 fully saturated rings. The van der Waals surface area contributed by atoms with E-state index < -0.39 is 0 Å². The Morgan fingerprint density at radius 2 is 1.90 bits per heavy atom. The van der Waals surface area contributed by atoms with Crippen LogP contribution in [0, 0.1) is 0 Å². The minimum absolute atomic E-state index is 0.00120. The third-order valence-electron chi connectivity index (χ3n) is 7.01. The molecule has 0 aliphatic heterocycles. The summed E-state index contributed by atoms with van der Waals surface area (Å²) in [5.41, 5.74) is 4.09. The predicted octanol–water partition coefficient (Wildman–Crippen LogP) is 5.91. The molecule has 3 aromatic rings. The van der Waals surface area contributed by atoms with Crippen molar-refractivity contribution >= 4 is 22.5 Å². The van der Waals surface area contributed by atoms with E-state index in [2.05, 4.69) is 25.1 Å². The topological polar surface area (TPSA) is 34.5 Å². The van der Waals surface area contributed by atoms with E-state index in [-0.39, 0.29) is 11.5 Å². The molecule has 1 aliphatic carbocycles. The summed E-state index contributed by atoms with van der Waals surface area (Å²) in [7, 11) is 5.66. The molecule has 1 aliphatic rings. The summed E-state index contributed by atoms with van der Waals surface area (Å²) in [5.74, 6) is 0.474. The normalized spacial score (nSPS) is 16.3. The Labute approximate surface area is 179 Å². The number of nitrogens with zero attached hydrogens (tertiary/aromatic N) is 2. The number of hydrogen-bond donors (Lipinski definition) is 0. The number of methoxy groups -OCH3 is 1. The smallest absolute Gasteiger partial charge is 0.274 e. The number of fused-ring (bicyclic) bond motifs is 1. The van der Waals surface area contributed by atoms with Crippen LogP contribution in [0.1, 0.15) is 61.0 Å². The van der Waals surface area contributed by atoms with Crippen molar-refractivity contribution in [2.75, 3.05) is 19.1 Å². The van der Waals surface area contributed by atoms with Gasteiger partial charge in [0.1, 0.15) is 5.69 Å². The maximum Gasteiger partial charge on any atom is 0.274 e. The van der Waals surface area contributed by atoms with Crippen molar-refractivity contribution in [2.24, 2.45) is 7.05 Å². The number of hydrogen-bond acceptors (Lipinski definition) is 2. The van der Waals surface area contributed by atoms with Crippen LogP contribution in [-0.4, -0.2) is 30.2 Å². The van der Waals surface area contributed by atoms with Gasteiger partial charge >= 0.3 is 0 Å². The van der Waals surface area contributed by atoms with Gasteiger partial charge in [-0.2, -0.15) is 0 Å². The zero-order chi connectivity index (χ0) is 21.3. The summed E-state index contributed by atoms with van der Waals surface area (Å²) in [6.07, 6.45) is 5.76. The zero-order valence-electron chi connectivity index (χ0n) is 18.5. The van der Waals surface area contributed by atoms with Crippen molar-refractivity contribution in [3.63, 3.8) is 0 Å². The van der Waals surface area contributed by atoms with E-state index in [1.54, 1.807) is 4.90 Å². The SMILES string of the molecule is CCC(CC1(OC)CCC1)c1ccc2c(c1)cc(C(=O)N(C)c1ccccc1)n2C. The molecule has 2 aromatic carbocycles. The highest BCUT2D eigenvalue weighted by Crippen LogP contribution is 2.43. The fourth-order valence-corrected chi connectivity index (χ4v) is 4.78. The Morgan fingerprint density at radius 3 is 2.50 bits per heavy atom. The first-order valence-electron chi connectivity index (χ1n) is 11.0. The lowest BCUT2D eigenvalue weighted by Gasteiger charge is -2.43. The second-order valence-electron chi connectivity index (χ2n) is 8.66. The third-order valence-corrected chi connectivity index (χ3v) is 7.01. The van der Waals surface area contributed by atoms with E-state index in [1.807, 2.05) is 62.2 Å². The molecule has 1 amide bonds. The molecule has 0 saturated heterocycles. The second-order valence-corrected chi connectivity index (χ2v) is 8.66. The highest BCUT2D eigenvalue weighted by atomic mass is 16.5. The number of ether oxygens (including phenoxy) is 1. The number of aryl methyl sites for hydroxylation is 1. The molecule has 1 unspecified atom stereocenters. The average molecular weight is 405 g/mol. The van der Waals surface area contributed by atoms with Gasteiger partial charge in [-0.25, -0.2) is 0 Å². The van der Waals surface area contributed by atoms with Crippen LogP contribution in [0.2, 0.25) is 0 Å². The van der Waals surface area contributed by atoms with E-state index in [4.69, 9.17) is 4.74 Å². The van der Waals surface area contributed by atoms with Gasteiger partial charge in [-0.15, -0.1) is 0 Å². The van der Waals surface area contributed by atoms with Crippen LogP contribution in [0.5, 0.6) is 0 Å². The molecule has 0 N–H and O–H groups in total. The number of benzene rings is 2. The molecule has 4 heteroatoms. The minimum Gasteiger partial charge on any atom is -0.378 e. The van der Waals surface area contributed by atoms with Gasteiger partial charge in [0.15, 0.2) is 0 Å². The summed E-state index contributed by atoms with van der Waals surface area (Å²) in [6.45, 7) is 2.26. The Hall–Kier alpha value is -2.59. The molecular formula is C26H32N2O2. The van der Waals surface area contributed by atoms with Crippen LogP contribution in [0.15, 0.2) is 54.6 Å². The molecule has 0 radical (unpaired) electrons. The van der Waals surface area contributed by atoms with Gasteiger partial charge in [0.25, 0.3) is 5.91 Å². The molecule has 1 heterocycles. The highest BCUT2D eigenvalue weighted by molar-refractivity contribution is 6.07. The lowest BCUT2D eigenvalue weighted by molar-refractivity contribution is -0.0821. The Balaban J connectivity index is 1.63. The van der Waals surface area contributed by atoms with Crippen molar-refractivity contribution in [3.05, 3.63) is 65.9 Å². The van der Waals surface area contributed by atoms with Gasteiger partial charge in [0.05, 0.1) is 5.60 Å². The number of rotatable bonds is 7. The largest absolute Gasteiger partial charge is 0.378 e. The van der Waals surface area contributed by atoms with Crippen molar-refractivity contribution in [2.45, 2.75) is 50.5 Å². The Bertz CT molecular complexity index is 1030. The minimum atomic E-state index is 0.00120. The van der Waals surface area contributed by atoms with Crippen LogP contribution in [0.3, 0.4) is 0 Å². The third kappa shape index (κ3) is 3.65. The maximum absolute atomic E-state index is 13.2. The van der Waals surface area contributed by atoms with Gasteiger partial charge in [0, 0.05) is 37.8 Å². The Kier molecular flexibility index (Phi) is 5.70. The van der Waals surface area contributed by atoms with Gasteiger partial charge in [-0.1, -0.05) is 31.2 Å². The summed E-state index contributed by atoms with van der Waals surface area (Å²) < 4.78 is 7.89. The van der Waals surface area contributed by atoms with Crippen LogP contribution >= 0.6 is 0 Å². The van der Waals surface area contributed by atoms with Crippen LogP contribution in [0.4, 0.5) is 5.69 Å². The maximum atomic E-state index is 13.2. The Morgan fingerprint density at radius 1 is 1.17 bits per heavy atom. The van der Waals surface area contributed by atoms with E-state index in [1.165, 1.54) is 12.0 Å². The molecule has 0 spiro atoms. The van der Waals surface area contributed by atoms with Gasteiger partial charge in [-0.05, 0) is 73.9 Å². The molecule has 30 heavy (non-hydrogen) atoms. The monoisotopic (exact) mass is 404 g/mol. The van der Waals surface area contributed by atoms with Crippen molar-refractivity contribution in [3.8, 4) is 0 Å².